The van der Waals surface area contributed by atoms with E-state index in [1.165, 1.54) is 0 Å². The van der Waals surface area contributed by atoms with Gasteiger partial charge in [0.1, 0.15) is 5.76 Å². The Balaban J connectivity index is 0.00000196. The summed E-state index contributed by atoms with van der Waals surface area (Å²) in [6.45, 7) is 0.625. The van der Waals surface area contributed by atoms with Gasteiger partial charge in [0.05, 0.1) is 24.2 Å². The van der Waals surface area contributed by atoms with Gasteiger partial charge in [-0.2, -0.15) is 0 Å². The molecule has 6 heteroatoms. The Bertz CT molecular complexity index is 1020. The van der Waals surface area contributed by atoms with Crippen LogP contribution < -0.4 is 21.8 Å². The number of hydrogen-bond donors (Lipinski definition) is 0. The number of para-hydroxylation sites is 1. The summed E-state index contributed by atoms with van der Waals surface area (Å²) in [4.78, 5) is 5.72. The fourth-order valence-electron chi connectivity index (χ4n) is 2.59. The van der Waals surface area contributed by atoms with E-state index in [1.807, 2.05) is 66.7 Å². The van der Waals surface area contributed by atoms with Crippen LogP contribution in [0.15, 0.2) is 87.8 Å². The van der Waals surface area contributed by atoms with Crippen LogP contribution in [0.3, 0.4) is 0 Å². The first-order valence-electron chi connectivity index (χ1n) is 7.86. The Kier molecular flexibility index (Phi) is 6.14. The normalized spacial score (nSPS) is 11.3. The summed E-state index contributed by atoms with van der Waals surface area (Å²) >= 11 is 7.64. The maximum atomic E-state index is 6.03. The third kappa shape index (κ3) is 4.18. The molecule has 0 fully saturated rings. The number of aromatic nitrogens is 1. The molecule has 3 nitrogen and oxygen atoms in total. The summed E-state index contributed by atoms with van der Waals surface area (Å²) in [7, 11) is 0. The highest BCUT2D eigenvalue weighted by Gasteiger charge is 2.10. The van der Waals surface area contributed by atoms with Crippen molar-refractivity contribution < 1.29 is 21.4 Å². The molecule has 4 rings (SSSR count). The van der Waals surface area contributed by atoms with Crippen molar-refractivity contribution in [2.24, 2.45) is 4.99 Å². The highest BCUT2D eigenvalue weighted by atomic mass is 79.9. The topological polar surface area (TPSA) is 30.4 Å². The molecule has 2 heterocycles. The van der Waals surface area contributed by atoms with Crippen LogP contribution in [0.5, 0.6) is 0 Å². The Morgan fingerprint density at radius 1 is 0.962 bits per heavy atom. The van der Waals surface area contributed by atoms with Gasteiger partial charge < -0.3 is 26.0 Å². The number of nitrogens with zero attached hydrogens (tertiary/aromatic N) is 2. The summed E-state index contributed by atoms with van der Waals surface area (Å²) in [6, 6.07) is 21.7. The maximum absolute atomic E-state index is 6.03. The van der Waals surface area contributed by atoms with Crippen LogP contribution in [-0.4, -0.2) is 4.57 Å². The van der Waals surface area contributed by atoms with E-state index in [-0.39, 0.29) is 17.0 Å². The summed E-state index contributed by atoms with van der Waals surface area (Å²) in [5, 5.41) is 2.85. The molecule has 132 valence electrons. The van der Waals surface area contributed by atoms with E-state index in [2.05, 4.69) is 9.95 Å². The lowest BCUT2D eigenvalue weighted by Crippen LogP contribution is -3.00. The van der Waals surface area contributed by atoms with Crippen molar-refractivity contribution in [3.8, 4) is 11.3 Å². The molecule has 26 heavy (non-hydrogen) atoms. The van der Waals surface area contributed by atoms with Gasteiger partial charge in [-0.3, -0.25) is 0 Å². The molecule has 2 aromatic carbocycles. The predicted octanol–water partition coefficient (Wildman–Crippen LogP) is 2.75. The smallest absolute Gasteiger partial charge is 0.190 e. The van der Waals surface area contributed by atoms with E-state index in [0.717, 1.165) is 32.5 Å². The molecule has 0 spiro atoms. The van der Waals surface area contributed by atoms with Crippen LogP contribution in [0.1, 0.15) is 5.76 Å². The molecule has 0 amide bonds. The Morgan fingerprint density at radius 3 is 2.42 bits per heavy atom. The van der Waals surface area contributed by atoms with E-state index >= 15 is 0 Å². The first-order valence-corrected chi connectivity index (χ1v) is 9.12. The van der Waals surface area contributed by atoms with Crippen molar-refractivity contribution in [2.75, 3.05) is 0 Å². The fourth-order valence-corrected chi connectivity index (χ4v) is 3.65. The van der Waals surface area contributed by atoms with Crippen molar-refractivity contribution >= 4 is 28.6 Å². The first kappa shape index (κ1) is 18.7. The van der Waals surface area contributed by atoms with Gasteiger partial charge in [0, 0.05) is 10.4 Å². The molecule has 2 aromatic heterocycles. The SMILES string of the molecule is Clc1ccc(-c2csc(=Nc3ccccc3)n2Cc2ccco2)cc1.[Br-]. The molecule has 0 N–H and O–H groups in total. The lowest BCUT2D eigenvalue weighted by Gasteiger charge is -2.08. The Hall–Kier alpha value is -2.08. The second kappa shape index (κ2) is 8.54. The lowest BCUT2D eigenvalue weighted by atomic mass is 10.2. The molecule has 0 saturated heterocycles. The minimum Gasteiger partial charge on any atom is -1.00 e. The van der Waals surface area contributed by atoms with Crippen LogP contribution in [-0.2, 0) is 6.54 Å². The number of thiazole rings is 1. The number of halogens is 2. The third-order valence-electron chi connectivity index (χ3n) is 3.81. The standard InChI is InChI=1S/C20H15ClN2OS.BrH/c21-16-10-8-15(9-11-16)19-14-25-20(22-17-5-2-1-3-6-17)23(19)13-18-7-4-12-24-18;/h1-12,14H,13H2;1H/p-1. The van der Waals surface area contributed by atoms with Crippen LogP contribution in [0.25, 0.3) is 11.3 Å². The van der Waals surface area contributed by atoms with Gasteiger partial charge in [0.2, 0.25) is 0 Å². The van der Waals surface area contributed by atoms with E-state index < -0.39 is 0 Å². The van der Waals surface area contributed by atoms with Crippen molar-refractivity contribution in [3.63, 3.8) is 0 Å². The molecular formula is C20H15BrClN2OS-. The van der Waals surface area contributed by atoms with E-state index in [1.54, 1.807) is 17.6 Å². The fraction of sp³-hybridized carbons (Fsp3) is 0.0500. The zero-order chi connectivity index (χ0) is 17.1. The zero-order valence-electron chi connectivity index (χ0n) is 13.7. The maximum Gasteiger partial charge on any atom is 0.190 e. The highest BCUT2D eigenvalue weighted by molar-refractivity contribution is 7.07. The number of rotatable bonds is 4. The van der Waals surface area contributed by atoms with Gasteiger partial charge in [0.25, 0.3) is 0 Å². The summed E-state index contributed by atoms with van der Waals surface area (Å²) in [6.07, 6.45) is 1.69. The zero-order valence-corrected chi connectivity index (χ0v) is 16.8. The lowest BCUT2D eigenvalue weighted by molar-refractivity contribution is -0.00000531. The Morgan fingerprint density at radius 2 is 1.73 bits per heavy atom. The van der Waals surface area contributed by atoms with Gasteiger partial charge in [0.15, 0.2) is 4.80 Å². The molecule has 0 atom stereocenters. The van der Waals surface area contributed by atoms with Gasteiger partial charge >= 0.3 is 0 Å². The summed E-state index contributed by atoms with van der Waals surface area (Å²) in [5.41, 5.74) is 3.12. The average Bonchev–Trinajstić information content (AvgIpc) is 3.28. The van der Waals surface area contributed by atoms with E-state index in [4.69, 9.17) is 21.0 Å². The number of hydrogen-bond acceptors (Lipinski definition) is 3. The van der Waals surface area contributed by atoms with E-state index in [9.17, 15) is 0 Å². The molecule has 0 saturated carbocycles. The minimum atomic E-state index is 0. The van der Waals surface area contributed by atoms with Crippen LogP contribution in [0.4, 0.5) is 5.69 Å². The van der Waals surface area contributed by atoms with Gasteiger partial charge in [-0.15, -0.1) is 11.3 Å². The van der Waals surface area contributed by atoms with Crippen molar-refractivity contribution in [1.29, 1.82) is 0 Å². The number of furan rings is 1. The minimum absolute atomic E-state index is 0. The summed E-state index contributed by atoms with van der Waals surface area (Å²) < 4.78 is 7.71. The Labute approximate surface area is 171 Å². The first-order chi connectivity index (χ1) is 12.3. The van der Waals surface area contributed by atoms with Crippen LogP contribution >= 0.6 is 22.9 Å². The van der Waals surface area contributed by atoms with Gasteiger partial charge in [-0.05, 0) is 42.0 Å². The second-order valence-corrected chi connectivity index (χ2v) is 6.80. The van der Waals surface area contributed by atoms with Gasteiger partial charge in [-0.25, -0.2) is 4.99 Å². The molecule has 0 unspecified atom stereocenters. The molecule has 0 aliphatic heterocycles. The average molecular weight is 447 g/mol. The van der Waals surface area contributed by atoms with Crippen LogP contribution in [0.2, 0.25) is 5.02 Å². The predicted molar refractivity (Wildman–Crippen MR) is 102 cm³/mol. The molecule has 0 aliphatic rings. The molecule has 0 bridgehead atoms. The summed E-state index contributed by atoms with van der Waals surface area (Å²) in [5.74, 6) is 0.892. The monoisotopic (exact) mass is 445 g/mol. The molecular weight excluding hydrogens is 432 g/mol. The molecule has 0 radical (unpaired) electrons. The van der Waals surface area contributed by atoms with Gasteiger partial charge in [-0.1, -0.05) is 41.9 Å². The molecule has 0 aliphatic carbocycles. The van der Waals surface area contributed by atoms with Crippen molar-refractivity contribution in [2.45, 2.75) is 6.54 Å². The van der Waals surface area contributed by atoms with Crippen molar-refractivity contribution in [1.82, 2.24) is 4.57 Å². The van der Waals surface area contributed by atoms with E-state index in [0.29, 0.717) is 6.54 Å². The number of benzene rings is 2. The van der Waals surface area contributed by atoms with Crippen molar-refractivity contribution in [3.05, 3.63) is 94.0 Å². The highest BCUT2D eigenvalue weighted by Crippen LogP contribution is 2.23. The van der Waals surface area contributed by atoms with Crippen LogP contribution in [0, 0.1) is 0 Å². The second-order valence-electron chi connectivity index (χ2n) is 5.52. The quantitative estimate of drug-likeness (QED) is 0.474. The molecule has 4 aromatic rings. The third-order valence-corrected chi connectivity index (χ3v) is 4.93. The largest absolute Gasteiger partial charge is 1.00 e.